The van der Waals surface area contributed by atoms with Gasteiger partial charge >= 0.3 is 0 Å². The smallest absolute Gasteiger partial charge is 0.144 e. The zero-order valence-corrected chi connectivity index (χ0v) is 12.0. The van der Waals surface area contributed by atoms with Crippen LogP contribution < -0.4 is 0 Å². The summed E-state index contributed by atoms with van der Waals surface area (Å²) >= 11 is 0. The van der Waals surface area contributed by atoms with Crippen LogP contribution in [0.2, 0.25) is 0 Å². The van der Waals surface area contributed by atoms with E-state index in [1.165, 1.54) is 32.1 Å². The van der Waals surface area contributed by atoms with Gasteiger partial charge in [0, 0.05) is 23.3 Å². The molecule has 0 spiro atoms. The average molecular weight is 295 g/mol. The fraction of sp³-hybridized carbons (Fsp3) is 0.533. The Kier molecular flexibility index (Phi) is 5.90. The van der Waals surface area contributed by atoms with Crippen LogP contribution >= 0.6 is 0 Å². The zero-order chi connectivity index (χ0) is 12.3. The maximum Gasteiger partial charge on any atom is 0.144 e. The number of phenolic OH excluding ortho intramolecular Hbond substituents is 1. The third-order valence-electron chi connectivity index (χ3n) is 3.50. The first-order valence-corrected chi connectivity index (χ1v) is 6.51. The van der Waals surface area contributed by atoms with Crippen LogP contribution in [0.15, 0.2) is 17.1 Å². The standard InChI is InChI=1S/C15H21NO.Cu/c1-11-8-12(2)15(17)14(9-11)16-10-13-6-4-3-5-7-13;/h8-10,13,17H,3-7H2,1-2H3;. The Bertz CT molecular complexity index is 423. The number of aromatic hydroxyl groups is 1. The van der Waals surface area contributed by atoms with Gasteiger partial charge in [-0.3, -0.25) is 4.99 Å². The largest absolute Gasteiger partial charge is 0.505 e. The summed E-state index contributed by atoms with van der Waals surface area (Å²) in [5, 5.41) is 9.94. The molecule has 0 amide bonds. The fourth-order valence-electron chi connectivity index (χ4n) is 2.50. The molecule has 2 rings (SSSR count). The Balaban J connectivity index is 0.00000162. The van der Waals surface area contributed by atoms with Crippen LogP contribution in [0.3, 0.4) is 0 Å². The van der Waals surface area contributed by atoms with Crippen LogP contribution in [-0.4, -0.2) is 11.3 Å². The second kappa shape index (κ2) is 6.96. The van der Waals surface area contributed by atoms with Crippen molar-refractivity contribution >= 4 is 11.9 Å². The number of hydrogen-bond donors (Lipinski definition) is 1. The predicted octanol–water partition coefficient (Wildman–Crippen LogP) is 4.29. The molecule has 0 aromatic heterocycles. The molecule has 1 fully saturated rings. The van der Waals surface area contributed by atoms with Crippen molar-refractivity contribution in [3.63, 3.8) is 0 Å². The number of nitrogens with zero attached hydrogens (tertiary/aromatic N) is 1. The van der Waals surface area contributed by atoms with Crippen LogP contribution in [-0.2, 0) is 17.1 Å². The molecule has 3 heteroatoms. The van der Waals surface area contributed by atoms with Crippen molar-refractivity contribution in [2.75, 3.05) is 0 Å². The maximum atomic E-state index is 9.94. The Morgan fingerprint density at radius 2 is 1.83 bits per heavy atom. The molecule has 0 atom stereocenters. The molecular weight excluding hydrogens is 274 g/mol. The van der Waals surface area contributed by atoms with E-state index in [-0.39, 0.29) is 17.1 Å². The minimum absolute atomic E-state index is 0. The van der Waals surface area contributed by atoms with Crippen molar-refractivity contribution in [2.45, 2.75) is 46.0 Å². The number of phenols is 1. The van der Waals surface area contributed by atoms with Gasteiger partial charge in [-0.1, -0.05) is 25.3 Å². The van der Waals surface area contributed by atoms with Gasteiger partial charge in [-0.25, -0.2) is 0 Å². The Morgan fingerprint density at radius 1 is 1.17 bits per heavy atom. The first-order valence-electron chi connectivity index (χ1n) is 6.51. The summed E-state index contributed by atoms with van der Waals surface area (Å²) in [6, 6.07) is 3.93. The van der Waals surface area contributed by atoms with Gasteiger partial charge < -0.3 is 5.11 Å². The number of rotatable bonds is 2. The fourth-order valence-corrected chi connectivity index (χ4v) is 2.50. The van der Waals surface area contributed by atoms with E-state index in [4.69, 9.17) is 0 Å². The van der Waals surface area contributed by atoms with E-state index in [1.54, 1.807) is 0 Å². The van der Waals surface area contributed by atoms with Gasteiger partial charge in [-0.15, -0.1) is 0 Å². The molecule has 1 aromatic carbocycles. The third kappa shape index (κ3) is 3.86. The predicted molar refractivity (Wildman–Crippen MR) is 72.3 cm³/mol. The number of aryl methyl sites for hydroxylation is 2. The first-order chi connectivity index (χ1) is 8.16. The van der Waals surface area contributed by atoms with Crippen LogP contribution in [0, 0.1) is 19.8 Å². The molecule has 0 bridgehead atoms. The van der Waals surface area contributed by atoms with Gasteiger partial charge in [-0.05, 0) is 49.8 Å². The summed E-state index contributed by atoms with van der Waals surface area (Å²) in [5.41, 5.74) is 2.77. The minimum atomic E-state index is 0. The normalized spacial score (nSPS) is 16.8. The summed E-state index contributed by atoms with van der Waals surface area (Å²) in [6.07, 6.45) is 8.52. The minimum Gasteiger partial charge on any atom is -0.505 e. The molecule has 1 radical (unpaired) electrons. The zero-order valence-electron chi connectivity index (χ0n) is 11.0. The van der Waals surface area contributed by atoms with E-state index in [2.05, 4.69) is 4.99 Å². The quantitative estimate of drug-likeness (QED) is 0.640. The molecule has 1 N–H and O–H groups in total. The van der Waals surface area contributed by atoms with Crippen molar-refractivity contribution in [1.29, 1.82) is 0 Å². The maximum absolute atomic E-state index is 9.94. The second-order valence-electron chi connectivity index (χ2n) is 5.13. The molecular formula is C15H21CuNO. The number of benzene rings is 1. The molecule has 0 aliphatic heterocycles. The van der Waals surface area contributed by atoms with Gasteiger partial charge in [0.25, 0.3) is 0 Å². The van der Waals surface area contributed by atoms with Crippen molar-refractivity contribution in [1.82, 2.24) is 0 Å². The molecule has 1 saturated carbocycles. The molecule has 2 nitrogen and oxygen atoms in total. The van der Waals surface area contributed by atoms with Gasteiger partial charge in [0.1, 0.15) is 11.4 Å². The van der Waals surface area contributed by atoms with Gasteiger partial charge in [0.05, 0.1) is 0 Å². The molecule has 1 aromatic rings. The Morgan fingerprint density at radius 3 is 2.50 bits per heavy atom. The number of aliphatic imine (C=N–C) groups is 1. The van der Waals surface area contributed by atoms with E-state index in [9.17, 15) is 5.11 Å². The molecule has 103 valence electrons. The molecule has 1 aliphatic carbocycles. The Labute approximate surface area is 120 Å². The van der Waals surface area contributed by atoms with E-state index in [0.29, 0.717) is 17.4 Å². The average Bonchev–Trinajstić information content (AvgIpc) is 2.33. The van der Waals surface area contributed by atoms with Crippen molar-refractivity contribution in [3.05, 3.63) is 23.3 Å². The summed E-state index contributed by atoms with van der Waals surface area (Å²) in [6.45, 7) is 3.95. The second-order valence-corrected chi connectivity index (χ2v) is 5.13. The van der Waals surface area contributed by atoms with Gasteiger partial charge in [0.15, 0.2) is 0 Å². The number of hydrogen-bond acceptors (Lipinski definition) is 2. The van der Waals surface area contributed by atoms with Gasteiger partial charge in [0.2, 0.25) is 0 Å². The van der Waals surface area contributed by atoms with Crippen LogP contribution in [0.4, 0.5) is 5.69 Å². The summed E-state index contributed by atoms with van der Waals surface area (Å²) < 4.78 is 0. The van der Waals surface area contributed by atoms with Crippen molar-refractivity contribution < 1.29 is 22.2 Å². The Hall–Kier alpha value is -0.791. The molecule has 0 unspecified atom stereocenters. The van der Waals surface area contributed by atoms with E-state index in [1.807, 2.05) is 32.2 Å². The van der Waals surface area contributed by atoms with Crippen LogP contribution in [0.25, 0.3) is 0 Å². The SMILES string of the molecule is Cc1cc(C)c(O)c(N=CC2CCCCC2)c1.[Cu]. The summed E-state index contributed by atoms with van der Waals surface area (Å²) in [4.78, 5) is 4.48. The topological polar surface area (TPSA) is 32.6 Å². The van der Waals surface area contributed by atoms with Gasteiger partial charge in [-0.2, -0.15) is 0 Å². The first kappa shape index (κ1) is 15.3. The monoisotopic (exact) mass is 294 g/mol. The van der Waals surface area contributed by atoms with E-state index in [0.717, 1.165) is 11.1 Å². The van der Waals surface area contributed by atoms with Crippen LogP contribution in [0.5, 0.6) is 5.75 Å². The van der Waals surface area contributed by atoms with Crippen molar-refractivity contribution in [3.8, 4) is 5.75 Å². The summed E-state index contributed by atoms with van der Waals surface area (Å²) in [7, 11) is 0. The van der Waals surface area contributed by atoms with Crippen LogP contribution in [0.1, 0.15) is 43.2 Å². The molecule has 18 heavy (non-hydrogen) atoms. The van der Waals surface area contributed by atoms with E-state index < -0.39 is 0 Å². The summed E-state index contributed by atoms with van der Waals surface area (Å²) in [5.74, 6) is 0.923. The third-order valence-corrected chi connectivity index (χ3v) is 3.50. The molecule has 0 heterocycles. The molecule has 0 saturated heterocycles. The molecule has 1 aliphatic rings. The van der Waals surface area contributed by atoms with Crippen molar-refractivity contribution in [2.24, 2.45) is 10.9 Å². The van der Waals surface area contributed by atoms with E-state index >= 15 is 0 Å².